The van der Waals surface area contributed by atoms with Crippen LogP contribution in [0.5, 0.6) is 0 Å². The van der Waals surface area contributed by atoms with Gasteiger partial charge in [-0.25, -0.2) is 0 Å². The quantitative estimate of drug-likeness (QED) is 0.452. The van der Waals surface area contributed by atoms with Gasteiger partial charge in [0, 0.05) is 14.2 Å². The van der Waals surface area contributed by atoms with Crippen molar-refractivity contribution in [1.29, 1.82) is 0 Å². The van der Waals surface area contributed by atoms with Crippen LogP contribution in [0.4, 0.5) is 0 Å². The van der Waals surface area contributed by atoms with Crippen molar-refractivity contribution < 1.29 is 0 Å². The monoisotopic (exact) mass is 390 g/mol. The first-order valence-corrected chi connectivity index (χ1v) is 7.81. The third-order valence-electron chi connectivity index (χ3n) is 3.23. The van der Waals surface area contributed by atoms with Crippen LogP contribution in [0.15, 0.2) is 72.8 Å². The Morgan fingerprint density at radius 1 is 0.650 bits per heavy atom. The molecular formula is C18H12ClI. The molecule has 0 aliphatic heterocycles. The van der Waals surface area contributed by atoms with E-state index in [1.165, 1.54) is 14.7 Å². The number of benzene rings is 3. The van der Waals surface area contributed by atoms with E-state index in [0.717, 1.165) is 16.1 Å². The summed E-state index contributed by atoms with van der Waals surface area (Å²) in [6.45, 7) is 0. The van der Waals surface area contributed by atoms with Gasteiger partial charge in [0.15, 0.2) is 0 Å². The molecule has 0 aliphatic rings. The maximum Gasteiger partial charge on any atom is 0.0491 e. The van der Waals surface area contributed by atoms with Crippen LogP contribution in [0.1, 0.15) is 0 Å². The molecule has 2 heteroatoms. The standard InChI is InChI=1S/C18H12ClI/c19-17-11-16(14-9-5-2-6-10-14)18(20)12-15(17)13-7-3-1-4-8-13/h1-12H. The van der Waals surface area contributed by atoms with E-state index in [-0.39, 0.29) is 0 Å². The minimum absolute atomic E-state index is 0.787. The summed E-state index contributed by atoms with van der Waals surface area (Å²) in [6, 6.07) is 24.8. The predicted molar refractivity (Wildman–Crippen MR) is 95.0 cm³/mol. The molecule has 0 saturated carbocycles. The van der Waals surface area contributed by atoms with Crippen molar-refractivity contribution in [3.63, 3.8) is 0 Å². The number of hydrogen-bond acceptors (Lipinski definition) is 0. The summed E-state index contributed by atoms with van der Waals surface area (Å²) in [5, 5.41) is 0.787. The molecule has 0 amide bonds. The van der Waals surface area contributed by atoms with Gasteiger partial charge in [-0.3, -0.25) is 0 Å². The molecule has 20 heavy (non-hydrogen) atoms. The first kappa shape index (κ1) is 13.7. The first-order valence-electron chi connectivity index (χ1n) is 6.35. The topological polar surface area (TPSA) is 0 Å². The summed E-state index contributed by atoms with van der Waals surface area (Å²) in [4.78, 5) is 0. The number of hydrogen-bond donors (Lipinski definition) is 0. The van der Waals surface area contributed by atoms with Crippen LogP contribution >= 0.6 is 34.2 Å². The molecule has 0 unspecified atom stereocenters. The van der Waals surface area contributed by atoms with E-state index in [2.05, 4.69) is 59.0 Å². The van der Waals surface area contributed by atoms with Gasteiger partial charge in [-0.1, -0.05) is 72.3 Å². The molecule has 0 aliphatic carbocycles. The van der Waals surface area contributed by atoms with Crippen molar-refractivity contribution in [3.8, 4) is 22.3 Å². The van der Waals surface area contributed by atoms with Gasteiger partial charge in [-0.05, 0) is 51.4 Å². The van der Waals surface area contributed by atoms with E-state index in [9.17, 15) is 0 Å². The average Bonchev–Trinajstić information content (AvgIpc) is 2.51. The fourth-order valence-electron chi connectivity index (χ4n) is 2.22. The summed E-state index contributed by atoms with van der Waals surface area (Å²) >= 11 is 8.86. The Morgan fingerprint density at radius 2 is 1.15 bits per heavy atom. The van der Waals surface area contributed by atoms with Gasteiger partial charge >= 0.3 is 0 Å². The van der Waals surface area contributed by atoms with E-state index in [0.29, 0.717) is 0 Å². The van der Waals surface area contributed by atoms with Crippen molar-refractivity contribution >= 4 is 34.2 Å². The summed E-state index contributed by atoms with van der Waals surface area (Å²) in [6.07, 6.45) is 0. The maximum absolute atomic E-state index is 6.48. The van der Waals surface area contributed by atoms with Crippen LogP contribution in [0.25, 0.3) is 22.3 Å². The van der Waals surface area contributed by atoms with E-state index in [1.807, 2.05) is 36.4 Å². The highest BCUT2D eigenvalue weighted by Gasteiger charge is 2.09. The van der Waals surface area contributed by atoms with Crippen LogP contribution in [-0.2, 0) is 0 Å². The zero-order valence-electron chi connectivity index (χ0n) is 10.7. The lowest BCUT2D eigenvalue weighted by Gasteiger charge is -2.10. The highest BCUT2D eigenvalue weighted by atomic mass is 127. The predicted octanol–water partition coefficient (Wildman–Crippen LogP) is 6.28. The van der Waals surface area contributed by atoms with Gasteiger partial charge in [0.05, 0.1) is 0 Å². The van der Waals surface area contributed by atoms with Gasteiger partial charge < -0.3 is 0 Å². The third-order valence-corrected chi connectivity index (χ3v) is 4.43. The molecule has 3 aromatic carbocycles. The molecule has 0 bridgehead atoms. The van der Waals surface area contributed by atoms with Gasteiger partial charge in [0.25, 0.3) is 0 Å². The van der Waals surface area contributed by atoms with Crippen molar-refractivity contribution in [2.75, 3.05) is 0 Å². The van der Waals surface area contributed by atoms with Crippen LogP contribution in [0.3, 0.4) is 0 Å². The lowest BCUT2D eigenvalue weighted by Crippen LogP contribution is -1.87. The molecule has 0 atom stereocenters. The third kappa shape index (κ3) is 2.74. The molecule has 0 aromatic heterocycles. The Morgan fingerprint density at radius 3 is 1.70 bits per heavy atom. The second-order valence-electron chi connectivity index (χ2n) is 4.54. The van der Waals surface area contributed by atoms with Gasteiger partial charge in [0.1, 0.15) is 0 Å². The molecular weight excluding hydrogens is 379 g/mol. The van der Waals surface area contributed by atoms with E-state index in [4.69, 9.17) is 11.6 Å². The van der Waals surface area contributed by atoms with Crippen molar-refractivity contribution in [3.05, 3.63) is 81.4 Å². The molecule has 0 nitrogen and oxygen atoms in total. The fraction of sp³-hybridized carbons (Fsp3) is 0. The Balaban J connectivity index is 2.13. The van der Waals surface area contributed by atoms with Crippen LogP contribution in [0.2, 0.25) is 5.02 Å². The molecule has 98 valence electrons. The number of halogens is 2. The largest absolute Gasteiger partial charge is 0.0836 e. The summed E-state index contributed by atoms with van der Waals surface area (Å²) < 4.78 is 1.21. The van der Waals surface area contributed by atoms with Gasteiger partial charge in [-0.15, -0.1) is 0 Å². The zero-order chi connectivity index (χ0) is 13.9. The van der Waals surface area contributed by atoms with Crippen LogP contribution in [-0.4, -0.2) is 0 Å². The zero-order valence-corrected chi connectivity index (χ0v) is 13.6. The highest BCUT2D eigenvalue weighted by Crippen LogP contribution is 2.35. The Bertz CT molecular complexity index is 656. The van der Waals surface area contributed by atoms with Crippen molar-refractivity contribution in [2.45, 2.75) is 0 Å². The molecule has 0 saturated heterocycles. The van der Waals surface area contributed by atoms with E-state index in [1.54, 1.807) is 0 Å². The molecule has 3 rings (SSSR count). The lowest BCUT2D eigenvalue weighted by molar-refractivity contribution is 1.56. The normalized spacial score (nSPS) is 10.5. The Hall–Kier alpha value is -1.32. The second kappa shape index (κ2) is 5.98. The SMILES string of the molecule is Clc1cc(-c2ccccc2)c(I)cc1-c1ccccc1. The molecule has 0 N–H and O–H groups in total. The minimum Gasteiger partial charge on any atom is -0.0836 e. The second-order valence-corrected chi connectivity index (χ2v) is 6.11. The fourth-order valence-corrected chi connectivity index (χ4v) is 3.28. The van der Waals surface area contributed by atoms with Crippen molar-refractivity contribution in [1.82, 2.24) is 0 Å². The maximum atomic E-state index is 6.48. The summed E-state index contributed by atoms with van der Waals surface area (Å²) in [5.74, 6) is 0. The Kier molecular flexibility index (Phi) is 4.08. The van der Waals surface area contributed by atoms with E-state index < -0.39 is 0 Å². The van der Waals surface area contributed by atoms with E-state index >= 15 is 0 Å². The summed E-state index contributed by atoms with van der Waals surface area (Å²) in [5.41, 5.74) is 4.60. The van der Waals surface area contributed by atoms with Crippen LogP contribution in [0, 0.1) is 3.57 Å². The minimum atomic E-state index is 0.787. The van der Waals surface area contributed by atoms with Gasteiger partial charge in [0.2, 0.25) is 0 Å². The van der Waals surface area contributed by atoms with Gasteiger partial charge in [-0.2, -0.15) is 0 Å². The highest BCUT2D eigenvalue weighted by molar-refractivity contribution is 14.1. The molecule has 0 spiro atoms. The van der Waals surface area contributed by atoms with Crippen LogP contribution < -0.4 is 0 Å². The molecule has 0 radical (unpaired) electrons. The average molecular weight is 391 g/mol. The number of rotatable bonds is 2. The molecule has 3 aromatic rings. The molecule has 0 fully saturated rings. The summed E-state index contributed by atoms with van der Waals surface area (Å²) in [7, 11) is 0. The van der Waals surface area contributed by atoms with Crippen molar-refractivity contribution in [2.24, 2.45) is 0 Å². The Labute approximate surface area is 137 Å². The smallest absolute Gasteiger partial charge is 0.0491 e. The first-order chi connectivity index (χ1) is 9.75. The molecule has 0 heterocycles. The lowest BCUT2D eigenvalue weighted by atomic mass is 10.0.